The first-order valence-electron chi connectivity index (χ1n) is 10.2. The molecule has 0 aromatic heterocycles. The normalized spacial score (nSPS) is 20.5. The number of Topliss-reactive ketones (excluding diaryl/α,β-unsaturated/α-hetero) is 1. The van der Waals surface area contributed by atoms with Gasteiger partial charge in [-0.05, 0) is 37.1 Å². The minimum Gasteiger partial charge on any atom is -0.496 e. The molecule has 31 heavy (non-hydrogen) atoms. The number of benzene rings is 2. The molecule has 0 radical (unpaired) electrons. The monoisotopic (exact) mass is 481 g/mol. The molecule has 0 saturated carbocycles. The zero-order valence-corrected chi connectivity index (χ0v) is 19.1. The van der Waals surface area contributed by atoms with Gasteiger partial charge in [-0.15, -0.1) is 0 Å². The molecule has 0 fully saturated rings. The van der Waals surface area contributed by atoms with Crippen LogP contribution in [0.3, 0.4) is 0 Å². The van der Waals surface area contributed by atoms with Crippen molar-refractivity contribution in [3.63, 3.8) is 0 Å². The summed E-state index contributed by atoms with van der Waals surface area (Å²) >= 11 is 3.53. The highest BCUT2D eigenvalue weighted by molar-refractivity contribution is 9.10. The summed E-state index contributed by atoms with van der Waals surface area (Å²) in [5, 5.41) is 3.30. The van der Waals surface area contributed by atoms with Gasteiger partial charge in [0.25, 0.3) is 0 Å². The Kier molecular flexibility index (Phi) is 6.28. The van der Waals surface area contributed by atoms with Gasteiger partial charge in [0, 0.05) is 33.8 Å². The van der Waals surface area contributed by atoms with Crippen molar-refractivity contribution in [1.82, 2.24) is 5.32 Å². The van der Waals surface area contributed by atoms with Gasteiger partial charge < -0.3 is 14.8 Å². The van der Waals surface area contributed by atoms with Crippen LogP contribution in [0.4, 0.5) is 0 Å². The molecule has 1 aliphatic heterocycles. The first-order chi connectivity index (χ1) is 15.0. The van der Waals surface area contributed by atoms with Gasteiger partial charge in [0.1, 0.15) is 18.1 Å². The minimum absolute atomic E-state index is 0.109. The number of ketones is 1. The second-order valence-electron chi connectivity index (χ2n) is 7.73. The number of rotatable bonds is 5. The van der Waals surface area contributed by atoms with Gasteiger partial charge in [-0.25, -0.2) is 4.79 Å². The van der Waals surface area contributed by atoms with Crippen LogP contribution >= 0.6 is 15.9 Å². The molecule has 0 amide bonds. The van der Waals surface area contributed by atoms with Crippen molar-refractivity contribution in [2.45, 2.75) is 32.3 Å². The van der Waals surface area contributed by atoms with Crippen molar-refractivity contribution in [3.05, 3.63) is 87.2 Å². The molecule has 1 N–H and O–H groups in total. The van der Waals surface area contributed by atoms with E-state index < -0.39 is 17.8 Å². The molecule has 1 aliphatic carbocycles. The van der Waals surface area contributed by atoms with Gasteiger partial charge in [0.05, 0.1) is 18.6 Å². The number of ether oxygens (including phenoxy) is 2. The Labute approximate surface area is 190 Å². The predicted octanol–water partition coefficient (Wildman–Crippen LogP) is 5.02. The second-order valence-corrected chi connectivity index (χ2v) is 8.65. The van der Waals surface area contributed by atoms with Crippen molar-refractivity contribution in [3.8, 4) is 5.75 Å². The topological polar surface area (TPSA) is 64.6 Å². The Bertz CT molecular complexity index is 1070. The Morgan fingerprint density at radius 3 is 2.68 bits per heavy atom. The molecule has 2 aromatic rings. The lowest BCUT2D eigenvalue weighted by Gasteiger charge is -2.38. The van der Waals surface area contributed by atoms with Gasteiger partial charge in [0.15, 0.2) is 0 Å². The van der Waals surface area contributed by atoms with Crippen LogP contribution in [-0.4, -0.2) is 18.9 Å². The van der Waals surface area contributed by atoms with E-state index in [-0.39, 0.29) is 12.4 Å². The van der Waals surface area contributed by atoms with Gasteiger partial charge in [-0.1, -0.05) is 52.3 Å². The highest BCUT2D eigenvalue weighted by atomic mass is 79.9. The van der Waals surface area contributed by atoms with E-state index in [0.717, 1.165) is 21.3 Å². The van der Waals surface area contributed by atoms with E-state index in [1.165, 1.54) is 0 Å². The average Bonchev–Trinajstić information content (AvgIpc) is 2.77. The number of hydrogen-bond acceptors (Lipinski definition) is 5. The number of halogens is 1. The largest absolute Gasteiger partial charge is 0.496 e. The Morgan fingerprint density at radius 1 is 1.16 bits per heavy atom. The van der Waals surface area contributed by atoms with Gasteiger partial charge in [0.2, 0.25) is 0 Å². The number of fused-ring (bicyclic) bond motifs is 1. The number of allylic oxidation sites excluding steroid dienone is 3. The van der Waals surface area contributed by atoms with Crippen LogP contribution in [0.1, 0.15) is 36.8 Å². The van der Waals surface area contributed by atoms with Crippen LogP contribution in [0.25, 0.3) is 0 Å². The fourth-order valence-corrected chi connectivity index (χ4v) is 4.75. The molecular formula is C25H24BrNO4. The molecule has 0 bridgehead atoms. The zero-order chi connectivity index (χ0) is 22.0. The number of carbonyl (C=O) groups excluding carboxylic acids is 2. The maximum absolute atomic E-state index is 13.3. The SMILES string of the molecule is COc1ccc(Br)cc1C1C(C(=O)OCc2ccccc2)=C(C)NC2=CCCC(=O)C21. The van der Waals surface area contributed by atoms with Crippen LogP contribution < -0.4 is 10.1 Å². The zero-order valence-electron chi connectivity index (χ0n) is 17.5. The second kappa shape index (κ2) is 9.10. The third-order valence-electron chi connectivity index (χ3n) is 5.78. The number of hydrogen-bond donors (Lipinski definition) is 1. The predicted molar refractivity (Wildman–Crippen MR) is 121 cm³/mol. The summed E-state index contributed by atoms with van der Waals surface area (Å²) in [5.41, 5.74) is 3.70. The van der Waals surface area contributed by atoms with E-state index in [1.807, 2.05) is 55.5 Å². The number of nitrogens with one attached hydrogen (secondary N) is 1. The summed E-state index contributed by atoms with van der Waals surface area (Å²) in [7, 11) is 1.59. The first-order valence-corrected chi connectivity index (χ1v) is 11.0. The number of methoxy groups -OCH3 is 1. The number of carbonyl (C=O) groups is 2. The molecule has 2 aliphatic rings. The fraction of sp³-hybridized carbons (Fsp3) is 0.280. The number of esters is 1. The van der Waals surface area contributed by atoms with Crippen molar-refractivity contribution in [2.75, 3.05) is 7.11 Å². The van der Waals surface area contributed by atoms with Gasteiger partial charge >= 0.3 is 5.97 Å². The quantitative estimate of drug-likeness (QED) is 0.607. The van der Waals surface area contributed by atoms with E-state index >= 15 is 0 Å². The van der Waals surface area contributed by atoms with Crippen LogP contribution in [-0.2, 0) is 20.9 Å². The third-order valence-corrected chi connectivity index (χ3v) is 6.27. The summed E-state index contributed by atoms with van der Waals surface area (Å²) < 4.78 is 12.2. The molecule has 2 atom stereocenters. The Hall–Kier alpha value is -2.86. The molecule has 2 aromatic carbocycles. The minimum atomic E-state index is -0.490. The van der Waals surface area contributed by atoms with E-state index in [0.29, 0.717) is 29.9 Å². The Balaban J connectivity index is 1.78. The van der Waals surface area contributed by atoms with E-state index in [9.17, 15) is 9.59 Å². The highest BCUT2D eigenvalue weighted by Gasteiger charge is 2.44. The smallest absolute Gasteiger partial charge is 0.336 e. The molecular weight excluding hydrogens is 458 g/mol. The van der Waals surface area contributed by atoms with Gasteiger partial charge in [-0.2, -0.15) is 0 Å². The van der Waals surface area contributed by atoms with Crippen molar-refractivity contribution < 1.29 is 19.1 Å². The maximum atomic E-state index is 13.3. The van der Waals surface area contributed by atoms with Crippen molar-refractivity contribution in [1.29, 1.82) is 0 Å². The van der Waals surface area contributed by atoms with Crippen molar-refractivity contribution >= 4 is 27.7 Å². The molecule has 0 spiro atoms. The molecule has 4 rings (SSSR count). The molecule has 160 valence electrons. The van der Waals surface area contributed by atoms with Gasteiger partial charge in [-0.3, -0.25) is 4.79 Å². The van der Waals surface area contributed by atoms with Crippen LogP contribution in [0.15, 0.2) is 76.0 Å². The highest BCUT2D eigenvalue weighted by Crippen LogP contribution is 2.47. The maximum Gasteiger partial charge on any atom is 0.336 e. The van der Waals surface area contributed by atoms with Crippen LogP contribution in [0.2, 0.25) is 0 Å². The van der Waals surface area contributed by atoms with E-state index in [2.05, 4.69) is 27.3 Å². The summed E-state index contributed by atoms with van der Waals surface area (Å²) in [5.74, 6) is -0.652. The summed E-state index contributed by atoms with van der Waals surface area (Å²) in [6.45, 7) is 2.02. The summed E-state index contributed by atoms with van der Waals surface area (Å²) in [6, 6.07) is 15.2. The van der Waals surface area contributed by atoms with Crippen LogP contribution in [0.5, 0.6) is 5.75 Å². The molecule has 6 heteroatoms. The molecule has 1 heterocycles. The third kappa shape index (κ3) is 4.30. The molecule has 0 saturated heterocycles. The summed E-state index contributed by atoms with van der Waals surface area (Å²) in [4.78, 5) is 26.4. The fourth-order valence-electron chi connectivity index (χ4n) is 4.37. The lowest BCUT2D eigenvalue weighted by molar-refractivity contribution is -0.141. The first kappa shape index (κ1) is 21.4. The lowest BCUT2D eigenvalue weighted by atomic mass is 9.71. The average molecular weight is 482 g/mol. The Morgan fingerprint density at radius 2 is 1.94 bits per heavy atom. The van der Waals surface area contributed by atoms with E-state index in [1.54, 1.807) is 7.11 Å². The van der Waals surface area contributed by atoms with Crippen molar-refractivity contribution in [2.24, 2.45) is 5.92 Å². The standard InChI is InChI=1S/C25H24BrNO4/c1-15-22(25(29)31-14-16-7-4-3-5-8-16)23(18-13-17(26)11-12-21(18)30-2)24-19(27-15)9-6-10-20(24)28/h3-5,7-9,11-13,23-24,27H,6,10,14H2,1-2H3. The van der Waals surface area contributed by atoms with Crippen LogP contribution in [0, 0.1) is 5.92 Å². The summed E-state index contributed by atoms with van der Waals surface area (Å²) in [6.07, 6.45) is 3.20. The lowest BCUT2D eigenvalue weighted by Crippen LogP contribution is -2.40. The molecule has 5 nitrogen and oxygen atoms in total. The van der Waals surface area contributed by atoms with E-state index in [4.69, 9.17) is 9.47 Å². The molecule has 2 unspecified atom stereocenters.